The van der Waals surface area contributed by atoms with Crippen LogP contribution in [0.4, 0.5) is 0 Å². The van der Waals surface area contributed by atoms with Gasteiger partial charge in [-0.15, -0.1) is 0 Å². The quantitative estimate of drug-likeness (QED) is 0.653. The third-order valence-corrected chi connectivity index (χ3v) is 2.28. The lowest BCUT2D eigenvalue weighted by Gasteiger charge is -2.02. The largest absolute Gasteiger partial charge is 0.480 e. The number of halogens is 1. The lowest BCUT2D eigenvalue weighted by atomic mass is 10.4. The summed E-state index contributed by atoms with van der Waals surface area (Å²) in [6.07, 6.45) is 2.64. The van der Waals surface area contributed by atoms with Crippen molar-refractivity contribution in [2.24, 2.45) is 0 Å². The normalized spacial score (nSPS) is 10.4. The van der Waals surface area contributed by atoms with Crippen molar-refractivity contribution in [2.45, 2.75) is 0 Å². The highest BCUT2D eigenvalue weighted by molar-refractivity contribution is 9.10. The Kier molecular flexibility index (Phi) is 5.80. The first-order valence-electron chi connectivity index (χ1n) is 5.17. The molecule has 0 spiro atoms. The fourth-order valence-electron chi connectivity index (χ4n) is 1.04. The number of amides is 2. The van der Waals surface area contributed by atoms with Crippen LogP contribution in [0.5, 0.6) is 0 Å². The van der Waals surface area contributed by atoms with Gasteiger partial charge in [0.2, 0.25) is 11.8 Å². The summed E-state index contributed by atoms with van der Waals surface area (Å²) in [6.45, 7) is -0.775. The standard InChI is InChI=1S/C11H11BrN2O5/c12-8-3-1-7(19-8)2-4-9(15)13-5-10(16)14-6-11(17)18/h1-4H,5-6H2,(H,13,15)(H,14,16)(H,17,18)/b4-2+. The Morgan fingerprint density at radius 2 is 2.00 bits per heavy atom. The molecule has 0 aliphatic heterocycles. The van der Waals surface area contributed by atoms with E-state index in [4.69, 9.17) is 9.52 Å². The van der Waals surface area contributed by atoms with Gasteiger partial charge >= 0.3 is 5.97 Å². The highest BCUT2D eigenvalue weighted by Gasteiger charge is 2.05. The summed E-state index contributed by atoms with van der Waals surface area (Å²) in [6, 6.07) is 3.34. The molecule has 0 atom stereocenters. The van der Waals surface area contributed by atoms with Gasteiger partial charge in [0.1, 0.15) is 12.3 Å². The Bertz CT molecular complexity index is 509. The van der Waals surface area contributed by atoms with Crippen LogP contribution in [0.15, 0.2) is 27.3 Å². The molecule has 0 saturated carbocycles. The Morgan fingerprint density at radius 3 is 2.58 bits per heavy atom. The van der Waals surface area contributed by atoms with Gasteiger partial charge in [-0.25, -0.2) is 0 Å². The van der Waals surface area contributed by atoms with E-state index in [1.165, 1.54) is 12.2 Å². The number of furan rings is 1. The highest BCUT2D eigenvalue weighted by Crippen LogP contribution is 2.14. The summed E-state index contributed by atoms with van der Waals surface area (Å²) >= 11 is 3.12. The molecular weight excluding hydrogens is 320 g/mol. The van der Waals surface area contributed by atoms with Crippen LogP contribution < -0.4 is 10.6 Å². The van der Waals surface area contributed by atoms with Gasteiger partial charge in [-0.05, 0) is 34.1 Å². The van der Waals surface area contributed by atoms with E-state index in [-0.39, 0.29) is 6.54 Å². The Balaban J connectivity index is 2.29. The minimum absolute atomic E-state index is 0.293. The maximum atomic E-state index is 11.3. The van der Waals surface area contributed by atoms with Gasteiger partial charge in [0.25, 0.3) is 0 Å². The summed E-state index contributed by atoms with van der Waals surface area (Å²) in [5.41, 5.74) is 0. The van der Waals surface area contributed by atoms with Gasteiger partial charge in [-0.3, -0.25) is 14.4 Å². The van der Waals surface area contributed by atoms with Gasteiger partial charge in [-0.1, -0.05) is 0 Å². The number of carboxylic acid groups (broad SMARTS) is 1. The van der Waals surface area contributed by atoms with Crippen LogP contribution in [-0.4, -0.2) is 36.0 Å². The molecule has 1 aromatic rings. The molecule has 0 fully saturated rings. The first kappa shape index (κ1) is 15.0. The second-order valence-corrected chi connectivity index (χ2v) is 4.15. The number of hydrogen-bond donors (Lipinski definition) is 3. The van der Waals surface area contributed by atoms with E-state index < -0.39 is 24.3 Å². The molecule has 0 bridgehead atoms. The van der Waals surface area contributed by atoms with Gasteiger partial charge < -0.3 is 20.2 Å². The predicted octanol–water partition coefficient (Wildman–Crippen LogP) is 0.372. The van der Waals surface area contributed by atoms with Crippen LogP contribution in [0, 0.1) is 0 Å². The Morgan fingerprint density at radius 1 is 1.26 bits per heavy atom. The van der Waals surface area contributed by atoms with Crippen molar-refractivity contribution in [3.63, 3.8) is 0 Å². The van der Waals surface area contributed by atoms with Crippen molar-refractivity contribution in [1.82, 2.24) is 10.6 Å². The number of carboxylic acids is 1. The zero-order valence-corrected chi connectivity index (χ0v) is 11.3. The summed E-state index contributed by atoms with van der Waals surface area (Å²) in [5, 5.41) is 12.7. The van der Waals surface area contributed by atoms with E-state index in [1.807, 2.05) is 0 Å². The van der Waals surface area contributed by atoms with Crippen molar-refractivity contribution < 1.29 is 23.9 Å². The Labute approximate surface area is 116 Å². The topological polar surface area (TPSA) is 109 Å². The monoisotopic (exact) mass is 330 g/mol. The molecule has 8 heteroatoms. The van der Waals surface area contributed by atoms with Crippen LogP contribution >= 0.6 is 15.9 Å². The number of nitrogens with one attached hydrogen (secondary N) is 2. The zero-order chi connectivity index (χ0) is 14.3. The van der Waals surface area contributed by atoms with E-state index in [1.54, 1.807) is 12.1 Å². The van der Waals surface area contributed by atoms with Gasteiger partial charge in [0.15, 0.2) is 4.67 Å². The highest BCUT2D eigenvalue weighted by atomic mass is 79.9. The fraction of sp³-hybridized carbons (Fsp3) is 0.182. The first-order chi connectivity index (χ1) is 8.97. The third kappa shape index (κ3) is 6.41. The van der Waals surface area contributed by atoms with Crippen LogP contribution in [0.1, 0.15) is 5.76 Å². The predicted molar refractivity (Wildman–Crippen MR) is 69.1 cm³/mol. The lowest BCUT2D eigenvalue weighted by molar-refractivity contribution is -0.137. The summed E-state index contributed by atoms with van der Waals surface area (Å²) in [4.78, 5) is 32.6. The first-order valence-corrected chi connectivity index (χ1v) is 5.96. The van der Waals surface area contributed by atoms with Crippen molar-refractivity contribution >= 4 is 39.8 Å². The number of aliphatic carboxylic acids is 1. The molecule has 1 heterocycles. The Hall–Kier alpha value is -2.09. The van der Waals surface area contributed by atoms with Gasteiger partial charge in [0.05, 0.1) is 6.54 Å². The zero-order valence-electron chi connectivity index (χ0n) is 9.68. The second kappa shape index (κ2) is 7.37. The van der Waals surface area contributed by atoms with Crippen LogP contribution in [0.2, 0.25) is 0 Å². The SMILES string of the molecule is O=C(O)CNC(=O)CNC(=O)/C=C/c1ccc(Br)o1. The molecule has 2 amide bonds. The molecule has 1 aromatic heterocycles. The molecule has 1 rings (SSSR count). The van der Waals surface area contributed by atoms with E-state index in [0.717, 1.165) is 0 Å². The van der Waals surface area contributed by atoms with Gasteiger partial charge in [-0.2, -0.15) is 0 Å². The molecule has 0 saturated heterocycles. The van der Waals surface area contributed by atoms with E-state index in [0.29, 0.717) is 10.4 Å². The molecule has 19 heavy (non-hydrogen) atoms. The maximum absolute atomic E-state index is 11.3. The van der Waals surface area contributed by atoms with Crippen LogP contribution in [0.3, 0.4) is 0 Å². The summed E-state index contributed by atoms with van der Waals surface area (Å²) in [7, 11) is 0. The second-order valence-electron chi connectivity index (χ2n) is 3.36. The molecule has 0 unspecified atom stereocenters. The molecule has 0 radical (unpaired) electrons. The summed E-state index contributed by atoms with van der Waals surface area (Å²) in [5.74, 6) is -1.73. The number of rotatable bonds is 6. The third-order valence-electron chi connectivity index (χ3n) is 1.85. The van der Waals surface area contributed by atoms with Crippen molar-refractivity contribution in [1.29, 1.82) is 0 Å². The number of carbonyl (C=O) groups excluding carboxylic acids is 2. The fourth-order valence-corrected chi connectivity index (χ4v) is 1.36. The molecule has 102 valence electrons. The molecule has 3 N–H and O–H groups in total. The molecule has 0 aliphatic carbocycles. The van der Waals surface area contributed by atoms with Crippen LogP contribution in [0.25, 0.3) is 6.08 Å². The van der Waals surface area contributed by atoms with E-state index >= 15 is 0 Å². The minimum atomic E-state index is -1.15. The van der Waals surface area contributed by atoms with Crippen molar-refractivity contribution in [3.8, 4) is 0 Å². The molecule has 0 aromatic carbocycles. The van der Waals surface area contributed by atoms with Crippen molar-refractivity contribution in [2.75, 3.05) is 13.1 Å². The lowest BCUT2D eigenvalue weighted by Crippen LogP contribution is -2.38. The van der Waals surface area contributed by atoms with E-state index in [9.17, 15) is 14.4 Å². The number of hydrogen-bond acceptors (Lipinski definition) is 4. The average molecular weight is 331 g/mol. The van der Waals surface area contributed by atoms with Crippen LogP contribution in [-0.2, 0) is 14.4 Å². The van der Waals surface area contributed by atoms with E-state index in [2.05, 4.69) is 26.6 Å². The molecular formula is C11H11BrN2O5. The number of carbonyl (C=O) groups is 3. The van der Waals surface area contributed by atoms with Crippen molar-refractivity contribution in [3.05, 3.63) is 28.6 Å². The minimum Gasteiger partial charge on any atom is -0.480 e. The molecule has 0 aliphatic rings. The smallest absolute Gasteiger partial charge is 0.322 e. The maximum Gasteiger partial charge on any atom is 0.322 e. The average Bonchev–Trinajstić information content (AvgIpc) is 2.77. The summed E-state index contributed by atoms with van der Waals surface area (Å²) < 4.78 is 5.67. The molecule has 7 nitrogen and oxygen atoms in total. The van der Waals surface area contributed by atoms with Gasteiger partial charge in [0, 0.05) is 6.08 Å².